The summed E-state index contributed by atoms with van der Waals surface area (Å²) in [5.74, 6) is 1.90. The lowest BCUT2D eigenvalue weighted by molar-refractivity contribution is -0.0835. The first-order chi connectivity index (χ1) is 11.4. The standard InChI is InChI=1S/C19H33N3OS.HI/c1-14(16-8-10-24-13-16)11-21-18(20-5)22-12-15-7-6-9-23-17(15)19(2,3)4;/h8,10,13-15,17H,6-7,9,11-12H2,1-5H3,(H2,20,21,22);1H. The Morgan fingerprint density at radius 3 is 2.76 bits per heavy atom. The van der Waals surface area contributed by atoms with E-state index in [2.05, 4.69) is 60.1 Å². The minimum atomic E-state index is 0. The number of aliphatic imine (C=N–C) groups is 1. The van der Waals surface area contributed by atoms with Gasteiger partial charge in [-0.1, -0.05) is 27.7 Å². The number of guanidine groups is 1. The topological polar surface area (TPSA) is 45.7 Å². The maximum absolute atomic E-state index is 6.07. The Balaban J connectivity index is 0.00000312. The van der Waals surface area contributed by atoms with Gasteiger partial charge in [0.1, 0.15) is 0 Å². The van der Waals surface area contributed by atoms with Crippen LogP contribution in [-0.4, -0.2) is 38.8 Å². The Morgan fingerprint density at radius 2 is 2.16 bits per heavy atom. The predicted molar refractivity (Wildman–Crippen MR) is 119 cm³/mol. The molecule has 1 aliphatic heterocycles. The number of nitrogens with one attached hydrogen (secondary N) is 2. The third-order valence-corrected chi connectivity index (χ3v) is 5.44. The Kier molecular flexibility index (Phi) is 9.74. The van der Waals surface area contributed by atoms with Crippen LogP contribution in [0.5, 0.6) is 0 Å². The van der Waals surface area contributed by atoms with Crippen LogP contribution >= 0.6 is 35.3 Å². The van der Waals surface area contributed by atoms with E-state index in [0.717, 1.165) is 32.1 Å². The van der Waals surface area contributed by atoms with Gasteiger partial charge in [-0.05, 0) is 46.6 Å². The van der Waals surface area contributed by atoms with Crippen LogP contribution in [-0.2, 0) is 4.74 Å². The van der Waals surface area contributed by atoms with E-state index < -0.39 is 0 Å². The lowest BCUT2D eigenvalue weighted by atomic mass is 9.78. The first kappa shape index (κ1) is 22.7. The molecule has 0 radical (unpaired) electrons. The van der Waals surface area contributed by atoms with Gasteiger partial charge in [0.2, 0.25) is 0 Å². The Bertz CT molecular complexity index is 513. The number of hydrogen-bond acceptors (Lipinski definition) is 3. The van der Waals surface area contributed by atoms with Crippen molar-refractivity contribution in [1.29, 1.82) is 0 Å². The van der Waals surface area contributed by atoms with E-state index in [1.807, 2.05) is 7.05 Å². The van der Waals surface area contributed by atoms with E-state index in [4.69, 9.17) is 4.74 Å². The predicted octanol–water partition coefficient (Wildman–Crippen LogP) is 4.48. The van der Waals surface area contributed by atoms with E-state index in [1.165, 1.54) is 12.0 Å². The lowest BCUT2D eigenvalue weighted by Crippen LogP contribution is -2.47. The Labute approximate surface area is 174 Å². The van der Waals surface area contributed by atoms with Crippen LogP contribution in [0.15, 0.2) is 21.8 Å². The highest BCUT2D eigenvalue weighted by Crippen LogP contribution is 2.33. The fourth-order valence-corrected chi connectivity index (χ4v) is 4.16. The minimum Gasteiger partial charge on any atom is -0.377 e. The molecule has 4 nitrogen and oxygen atoms in total. The van der Waals surface area contributed by atoms with Crippen molar-refractivity contribution < 1.29 is 4.74 Å². The van der Waals surface area contributed by atoms with Crippen LogP contribution in [0.1, 0.15) is 52.0 Å². The highest BCUT2D eigenvalue weighted by Gasteiger charge is 2.35. The maximum atomic E-state index is 6.07. The first-order valence-electron chi connectivity index (χ1n) is 9.00. The van der Waals surface area contributed by atoms with Gasteiger partial charge in [0.05, 0.1) is 6.10 Å². The first-order valence-corrected chi connectivity index (χ1v) is 9.94. The summed E-state index contributed by atoms with van der Waals surface area (Å²) in [6.45, 7) is 11.7. The van der Waals surface area contributed by atoms with Crippen LogP contribution in [0.25, 0.3) is 0 Å². The molecule has 1 fully saturated rings. The number of halogens is 1. The normalized spacial score (nSPS) is 22.8. The van der Waals surface area contributed by atoms with Gasteiger partial charge in [-0.3, -0.25) is 4.99 Å². The molecular weight excluding hydrogens is 445 g/mol. The fourth-order valence-electron chi connectivity index (χ4n) is 3.38. The van der Waals surface area contributed by atoms with Crippen molar-refractivity contribution >= 4 is 41.3 Å². The molecular formula is C19H34IN3OS. The summed E-state index contributed by atoms with van der Waals surface area (Å²) in [7, 11) is 1.84. The van der Waals surface area contributed by atoms with Crippen molar-refractivity contribution in [2.24, 2.45) is 16.3 Å². The molecule has 2 N–H and O–H groups in total. The van der Waals surface area contributed by atoms with Crippen molar-refractivity contribution in [2.45, 2.75) is 52.6 Å². The summed E-state index contributed by atoms with van der Waals surface area (Å²) in [4.78, 5) is 4.37. The Morgan fingerprint density at radius 1 is 1.40 bits per heavy atom. The van der Waals surface area contributed by atoms with Crippen LogP contribution in [0.3, 0.4) is 0 Å². The fraction of sp³-hybridized carbons (Fsp3) is 0.737. The number of hydrogen-bond donors (Lipinski definition) is 2. The zero-order valence-corrected chi connectivity index (χ0v) is 19.3. The summed E-state index contributed by atoms with van der Waals surface area (Å²) in [5, 5.41) is 11.3. The summed E-state index contributed by atoms with van der Waals surface area (Å²) in [5.41, 5.74) is 1.56. The third kappa shape index (κ3) is 7.06. The van der Waals surface area contributed by atoms with Gasteiger partial charge < -0.3 is 15.4 Å². The quantitative estimate of drug-likeness (QED) is 0.372. The highest BCUT2D eigenvalue weighted by molar-refractivity contribution is 14.0. The summed E-state index contributed by atoms with van der Waals surface area (Å²) in [6, 6.07) is 2.19. The largest absolute Gasteiger partial charge is 0.377 e. The maximum Gasteiger partial charge on any atom is 0.191 e. The molecule has 1 aliphatic rings. The summed E-state index contributed by atoms with van der Waals surface area (Å²) >= 11 is 1.75. The molecule has 0 saturated carbocycles. The summed E-state index contributed by atoms with van der Waals surface area (Å²) in [6.07, 6.45) is 2.68. The second-order valence-electron chi connectivity index (χ2n) is 7.85. The molecule has 1 saturated heterocycles. The minimum absolute atomic E-state index is 0. The van der Waals surface area contributed by atoms with E-state index >= 15 is 0 Å². The van der Waals surface area contributed by atoms with Crippen molar-refractivity contribution in [3.63, 3.8) is 0 Å². The van der Waals surface area contributed by atoms with Crippen LogP contribution in [0, 0.1) is 11.3 Å². The number of rotatable bonds is 5. The summed E-state index contributed by atoms with van der Waals surface area (Å²) < 4.78 is 6.07. The molecule has 2 rings (SSSR count). The molecule has 0 spiro atoms. The average molecular weight is 479 g/mol. The molecule has 0 aromatic carbocycles. The smallest absolute Gasteiger partial charge is 0.191 e. The Hall–Kier alpha value is -0.340. The molecule has 0 amide bonds. The van der Waals surface area contributed by atoms with Crippen molar-refractivity contribution in [3.8, 4) is 0 Å². The van der Waals surface area contributed by atoms with Gasteiger partial charge in [0.15, 0.2) is 5.96 Å². The molecule has 1 aromatic rings. The van der Waals surface area contributed by atoms with E-state index in [9.17, 15) is 0 Å². The van der Waals surface area contributed by atoms with Gasteiger partial charge in [0.25, 0.3) is 0 Å². The van der Waals surface area contributed by atoms with E-state index in [1.54, 1.807) is 11.3 Å². The van der Waals surface area contributed by atoms with Gasteiger partial charge in [-0.15, -0.1) is 24.0 Å². The van der Waals surface area contributed by atoms with Crippen molar-refractivity contribution in [1.82, 2.24) is 10.6 Å². The monoisotopic (exact) mass is 479 g/mol. The van der Waals surface area contributed by atoms with Crippen LogP contribution in [0.2, 0.25) is 0 Å². The lowest BCUT2D eigenvalue weighted by Gasteiger charge is -2.40. The van der Waals surface area contributed by atoms with Gasteiger partial charge in [-0.25, -0.2) is 0 Å². The van der Waals surface area contributed by atoms with Crippen molar-refractivity contribution in [3.05, 3.63) is 22.4 Å². The number of ether oxygens (including phenoxy) is 1. The molecule has 3 unspecified atom stereocenters. The molecule has 1 aromatic heterocycles. The SMILES string of the molecule is CN=C(NCC(C)c1ccsc1)NCC1CCCOC1C(C)(C)C.I. The van der Waals surface area contributed by atoms with Gasteiger partial charge >= 0.3 is 0 Å². The second-order valence-corrected chi connectivity index (χ2v) is 8.63. The van der Waals surface area contributed by atoms with E-state index in [-0.39, 0.29) is 29.4 Å². The highest BCUT2D eigenvalue weighted by atomic mass is 127. The number of nitrogens with zero attached hydrogens (tertiary/aromatic N) is 1. The number of thiophene rings is 1. The van der Waals surface area contributed by atoms with Crippen LogP contribution < -0.4 is 10.6 Å². The zero-order chi connectivity index (χ0) is 17.6. The molecule has 144 valence electrons. The molecule has 3 atom stereocenters. The molecule has 0 aliphatic carbocycles. The average Bonchev–Trinajstić information content (AvgIpc) is 3.09. The third-order valence-electron chi connectivity index (χ3n) is 4.74. The zero-order valence-electron chi connectivity index (χ0n) is 16.2. The van der Waals surface area contributed by atoms with Crippen LogP contribution in [0.4, 0.5) is 0 Å². The molecule has 25 heavy (non-hydrogen) atoms. The molecule has 2 heterocycles. The van der Waals surface area contributed by atoms with Crippen molar-refractivity contribution in [2.75, 3.05) is 26.7 Å². The second kappa shape index (κ2) is 10.7. The van der Waals surface area contributed by atoms with Gasteiger partial charge in [-0.2, -0.15) is 11.3 Å². The molecule has 0 bridgehead atoms. The van der Waals surface area contributed by atoms with Gasteiger partial charge in [0, 0.05) is 32.7 Å². The molecule has 6 heteroatoms. The van der Waals surface area contributed by atoms with E-state index in [0.29, 0.717) is 17.9 Å².